The van der Waals surface area contributed by atoms with E-state index in [9.17, 15) is 0 Å². The van der Waals surface area contributed by atoms with Crippen molar-refractivity contribution in [1.82, 2.24) is 0 Å². The summed E-state index contributed by atoms with van der Waals surface area (Å²) in [5.41, 5.74) is 7.28. The first-order chi connectivity index (χ1) is 25.3. The van der Waals surface area contributed by atoms with Gasteiger partial charge in [-0.15, -0.1) is 10.0 Å². The minimum absolute atomic E-state index is 0.867. The Hall–Kier alpha value is -6.29. The number of furan rings is 1. The fraction of sp³-hybridized carbons (Fsp3) is 0. The van der Waals surface area contributed by atoms with Gasteiger partial charge in [0.05, 0.1) is 0 Å². The topological polar surface area (TPSA) is 16.4 Å². The van der Waals surface area contributed by atoms with Gasteiger partial charge in [-0.1, -0.05) is 109 Å². The molecule has 0 bridgehead atoms. The molecule has 2 nitrogen and oxygen atoms in total. The van der Waals surface area contributed by atoms with E-state index in [-0.39, 0.29) is 0 Å². The first-order valence-corrected chi connectivity index (χ1v) is 18.9. The largest absolute Gasteiger partial charge is 0.456 e. The second-order valence-corrected chi connectivity index (χ2v) is 15.7. The Kier molecular flexibility index (Phi) is 7.96. The van der Waals surface area contributed by atoms with Crippen LogP contribution in [0.25, 0.3) is 33.1 Å². The number of hydrogen-bond donors (Lipinski definition) is 0. The fourth-order valence-corrected chi connectivity index (χ4v) is 11.1. The molecule has 0 unspecified atom stereocenters. The lowest BCUT2D eigenvalue weighted by atomic mass is 10.0. The van der Waals surface area contributed by atoms with Crippen molar-refractivity contribution in [3.8, 4) is 11.1 Å². The number of hydrogen-bond acceptors (Lipinski definition) is 2. The average Bonchev–Trinajstić information content (AvgIpc) is 3.58. The van der Waals surface area contributed by atoms with Gasteiger partial charge in [0.1, 0.15) is 11.2 Å². The van der Waals surface area contributed by atoms with Crippen molar-refractivity contribution < 1.29 is 4.42 Å². The molecule has 244 valence electrons. The van der Waals surface area contributed by atoms with Crippen molar-refractivity contribution in [3.63, 3.8) is 0 Å². The van der Waals surface area contributed by atoms with Crippen LogP contribution in [0.1, 0.15) is 0 Å². The quantitative estimate of drug-likeness (QED) is 0.160. The highest BCUT2D eigenvalue weighted by Crippen LogP contribution is 2.73. The molecule has 1 aromatic heterocycles. The molecule has 0 spiro atoms. The van der Waals surface area contributed by atoms with Crippen molar-refractivity contribution in [1.29, 1.82) is 0 Å². The van der Waals surface area contributed by atoms with E-state index in [2.05, 4.69) is 211 Å². The van der Waals surface area contributed by atoms with E-state index in [0.717, 1.165) is 44.6 Å². The summed E-state index contributed by atoms with van der Waals surface area (Å²) in [6, 6.07) is 76.3. The lowest BCUT2D eigenvalue weighted by Crippen LogP contribution is -2.10. The Morgan fingerprint density at radius 2 is 0.725 bits per heavy atom. The number of nitrogens with zero attached hydrogens (tertiary/aromatic N) is 1. The lowest BCUT2D eigenvalue weighted by Gasteiger charge is -2.42. The van der Waals surface area contributed by atoms with Gasteiger partial charge in [0, 0.05) is 53.5 Å². The second-order valence-electron chi connectivity index (χ2n) is 12.6. The molecule has 0 radical (unpaired) electrons. The van der Waals surface area contributed by atoms with Gasteiger partial charge >= 0.3 is 0 Å². The average molecular weight is 674 g/mol. The predicted molar refractivity (Wildman–Crippen MR) is 214 cm³/mol. The third kappa shape index (κ3) is 5.49. The molecule has 0 saturated carbocycles. The number of anilines is 3. The van der Waals surface area contributed by atoms with Crippen LogP contribution in [0, 0.1) is 0 Å². The van der Waals surface area contributed by atoms with Gasteiger partial charge in [0.15, 0.2) is 0 Å². The highest BCUT2D eigenvalue weighted by atomic mass is 32.3. The summed E-state index contributed by atoms with van der Waals surface area (Å²) in [5.74, 6) is 0. The molecule has 0 aliphatic heterocycles. The molecule has 0 fully saturated rings. The molecular weight excluding hydrogens is 639 g/mol. The molecule has 9 rings (SSSR count). The van der Waals surface area contributed by atoms with Crippen LogP contribution in [0.2, 0.25) is 0 Å². The maximum Gasteiger partial charge on any atom is 0.137 e. The third-order valence-corrected chi connectivity index (χ3v) is 13.5. The van der Waals surface area contributed by atoms with E-state index in [1.165, 1.54) is 25.1 Å². The monoisotopic (exact) mass is 673 g/mol. The van der Waals surface area contributed by atoms with Crippen molar-refractivity contribution in [2.45, 2.75) is 19.6 Å². The lowest BCUT2D eigenvalue weighted by molar-refractivity contribution is 0.669. The predicted octanol–water partition coefficient (Wildman–Crippen LogP) is 14.1. The standard InChI is InChI=1S/C48H35NOS/c1-6-16-36(17-7-1)37-26-32-45-46-33-29-40(35-48(46)50-47(45)34-37)49(38-18-8-2-9-19-38)39-27-30-44(31-28-39)51(41-20-10-3-11-21-41,42-22-12-4-13-23-42)43-24-14-5-15-25-43/h1-35H. The summed E-state index contributed by atoms with van der Waals surface area (Å²) >= 11 is 0. The van der Waals surface area contributed by atoms with E-state index < -0.39 is 10.0 Å². The summed E-state index contributed by atoms with van der Waals surface area (Å²) < 4.78 is 6.56. The van der Waals surface area contributed by atoms with Crippen molar-refractivity contribution >= 4 is 49.0 Å². The SMILES string of the molecule is c1ccc(-c2ccc3c(c2)oc2cc(N(c4ccccc4)c4ccc(S(c5ccccc5)(c5ccccc5)c5ccccc5)cc4)ccc23)cc1. The molecular formula is C48H35NOS. The number of para-hydroxylation sites is 1. The van der Waals surface area contributed by atoms with E-state index >= 15 is 0 Å². The van der Waals surface area contributed by atoms with Crippen molar-refractivity contribution in [3.05, 3.63) is 212 Å². The van der Waals surface area contributed by atoms with Gasteiger partial charge in [-0.2, -0.15) is 0 Å². The first-order valence-electron chi connectivity index (χ1n) is 17.2. The second kappa shape index (κ2) is 13.2. The molecule has 0 atom stereocenters. The van der Waals surface area contributed by atoms with Gasteiger partial charge in [0.2, 0.25) is 0 Å². The van der Waals surface area contributed by atoms with Crippen LogP contribution in [0.4, 0.5) is 17.1 Å². The minimum Gasteiger partial charge on any atom is -0.456 e. The first kappa shape index (κ1) is 30.7. The number of rotatable bonds is 8. The Morgan fingerprint density at radius 3 is 1.27 bits per heavy atom. The normalized spacial score (nSPS) is 11.8. The zero-order chi connectivity index (χ0) is 34.0. The van der Waals surface area contributed by atoms with E-state index in [0.29, 0.717) is 0 Å². The zero-order valence-electron chi connectivity index (χ0n) is 28.0. The van der Waals surface area contributed by atoms with Crippen LogP contribution < -0.4 is 4.90 Å². The van der Waals surface area contributed by atoms with Crippen LogP contribution in [0.15, 0.2) is 236 Å². The molecule has 1 heterocycles. The van der Waals surface area contributed by atoms with Crippen LogP contribution in [-0.4, -0.2) is 0 Å². The van der Waals surface area contributed by atoms with Gasteiger partial charge < -0.3 is 9.32 Å². The molecule has 0 aliphatic rings. The van der Waals surface area contributed by atoms with Crippen LogP contribution in [0.5, 0.6) is 0 Å². The Bertz CT molecular complexity index is 2450. The summed E-state index contributed by atoms with van der Waals surface area (Å²) in [6.07, 6.45) is 0. The molecule has 8 aromatic carbocycles. The molecule has 9 aromatic rings. The van der Waals surface area contributed by atoms with E-state index in [1.807, 2.05) is 6.07 Å². The molecule has 0 N–H and O–H groups in total. The molecule has 0 aliphatic carbocycles. The summed E-state index contributed by atoms with van der Waals surface area (Å²) in [4.78, 5) is 7.52. The summed E-state index contributed by atoms with van der Waals surface area (Å²) in [6.45, 7) is 0. The van der Waals surface area contributed by atoms with Crippen LogP contribution >= 0.6 is 10.0 Å². The van der Waals surface area contributed by atoms with Gasteiger partial charge in [0.25, 0.3) is 0 Å². The highest BCUT2D eigenvalue weighted by Gasteiger charge is 2.33. The summed E-state index contributed by atoms with van der Waals surface area (Å²) in [7, 11) is -1.78. The van der Waals surface area contributed by atoms with Crippen LogP contribution in [-0.2, 0) is 0 Å². The molecule has 51 heavy (non-hydrogen) atoms. The van der Waals surface area contributed by atoms with Gasteiger partial charge in [-0.25, -0.2) is 0 Å². The van der Waals surface area contributed by atoms with Gasteiger partial charge in [-0.05, 0) is 108 Å². The number of benzene rings is 8. The van der Waals surface area contributed by atoms with Crippen LogP contribution in [0.3, 0.4) is 0 Å². The number of fused-ring (bicyclic) bond motifs is 3. The molecule has 0 amide bonds. The van der Waals surface area contributed by atoms with Crippen molar-refractivity contribution in [2.75, 3.05) is 4.90 Å². The zero-order valence-corrected chi connectivity index (χ0v) is 28.8. The molecule has 3 heteroatoms. The maximum atomic E-state index is 6.56. The minimum atomic E-state index is -1.78. The Balaban J connectivity index is 1.18. The Labute approximate surface area is 300 Å². The Morgan fingerprint density at radius 1 is 0.314 bits per heavy atom. The fourth-order valence-electron chi connectivity index (χ4n) is 7.23. The van der Waals surface area contributed by atoms with Gasteiger partial charge in [-0.3, -0.25) is 0 Å². The van der Waals surface area contributed by atoms with Crippen molar-refractivity contribution in [2.24, 2.45) is 0 Å². The van der Waals surface area contributed by atoms with E-state index in [1.54, 1.807) is 0 Å². The molecule has 0 saturated heterocycles. The van der Waals surface area contributed by atoms with E-state index in [4.69, 9.17) is 4.42 Å². The highest BCUT2D eigenvalue weighted by molar-refractivity contribution is 8.34. The summed E-state index contributed by atoms with van der Waals surface area (Å²) in [5, 5.41) is 2.23. The maximum absolute atomic E-state index is 6.56. The third-order valence-electron chi connectivity index (χ3n) is 9.58. The smallest absolute Gasteiger partial charge is 0.137 e.